The van der Waals surface area contributed by atoms with Crippen LogP contribution in [0.3, 0.4) is 0 Å². The number of halogens is 3. The van der Waals surface area contributed by atoms with E-state index in [-0.39, 0.29) is 0 Å². The number of aliphatic imine (C=N–C) groups is 1. The lowest BCUT2D eigenvalue weighted by Crippen LogP contribution is -2.19. The Morgan fingerprint density at radius 3 is 2.84 bits per heavy atom. The van der Waals surface area contributed by atoms with E-state index in [1.807, 2.05) is 0 Å². The van der Waals surface area contributed by atoms with Gasteiger partial charge in [-0.25, -0.2) is 0 Å². The molecule has 0 aliphatic carbocycles. The highest BCUT2D eigenvalue weighted by Gasteiger charge is 2.30. The molecule has 0 amide bonds. The molecule has 0 bridgehead atoms. The third-order valence-electron chi connectivity index (χ3n) is 2.87. The van der Waals surface area contributed by atoms with Gasteiger partial charge in [-0.1, -0.05) is 30.8 Å². The third-order valence-corrected chi connectivity index (χ3v) is 4.18. The van der Waals surface area contributed by atoms with Crippen molar-refractivity contribution in [2.24, 2.45) is 4.99 Å². The van der Waals surface area contributed by atoms with Gasteiger partial charge in [0.05, 0.1) is 12.1 Å². The Kier molecular flexibility index (Phi) is 4.39. The maximum absolute atomic E-state index is 12.6. The first-order valence-electron chi connectivity index (χ1n) is 6.10. The molecule has 1 aromatic rings. The standard InChI is InChI=1S/C13H15F3N2S/c1-2-11-8-18-12(19-11)17-7-9-4-3-5-10(6-9)13(14,15)16/h3-6,11H,2,7-8H2,1H3,(H,17,18). The van der Waals surface area contributed by atoms with Crippen LogP contribution in [0.1, 0.15) is 24.5 Å². The highest BCUT2D eigenvalue weighted by atomic mass is 32.2. The van der Waals surface area contributed by atoms with Gasteiger partial charge in [-0.3, -0.25) is 4.99 Å². The number of amidine groups is 1. The molecular weight excluding hydrogens is 273 g/mol. The van der Waals surface area contributed by atoms with Crippen LogP contribution in [0.5, 0.6) is 0 Å². The lowest BCUT2D eigenvalue weighted by atomic mass is 10.1. The van der Waals surface area contributed by atoms with Crippen molar-refractivity contribution in [3.8, 4) is 0 Å². The highest BCUT2D eigenvalue weighted by Crippen LogP contribution is 2.29. The molecule has 2 rings (SSSR count). The molecule has 0 saturated carbocycles. The minimum Gasteiger partial charge on any atom is -0.361 e. The van der Waals surface area contributed by atoms with Gasteiger partial charge >= 0.3 is 6.18 Å². The van der Waals surface area contributed by atoms with Crippen LogP contribution in [0.25, 0.3) is 0 Å². The summed E-state index contributed by atoms with van der Waals surface area (Å²) in [7, 11) is 0. The topological polar surface area (TPSA) is 24.4 Å². The first kappa shape index (κ1) is 14.2. The average Bonchev–Trinajstić information content (AvgIpc) is 2.84. The molecule has 1 aliphatic heterocycles. The van der Waals surface area contributed by atoms with Crippen molar-refractivity contribution in [3.63, 3.8) is 0 Å². The fourth-order valence-corrected chi connectivity index (χ4v) is 2.70. The van der Waals surface area contributed by atoms with Gasteiger partial charge in [0.25, 0.3) is 0 Å². The second-order valence-corrected chi connectivity index (χ2v) is 5.63. The van der Waals surface area contributed by atoms with Gasteiger partial charge in [0.2, 0.25) is 0 Å². The molecule has 0 saturated heterocycles. The first-order valence-corrected chi connectivity index (χ1v) is 6.98. The fraction of sp³-hybridized carbons (Fsp3) is 0.462. The Labute approximate surface area is 114 Å². The average molecular weight is 288 g/mol. The van der Waals surface area contributed by atoms with Gasteiger partial charge in [-0.15, -0.1) is 0 Å². The molecule has 1 aliphatic rings. The molecule has 1 heterocycles. The number of benzene rings is 1. The largest absolute Gasteiger partial charge is 0.416 e. The van der Waals surface area contributed by atoms with E-state index in [0.29, 0.717) is 17.4 Å². The zero-order valence-corrected chi connectivity index (χ0v) is 11.3. The summed E-state index contributed by atoms with van der Waals surface area (Å²) in [5.74, 6) is 0. The summed E-state index contributed by atoms with van der Waals surface area (Å²) in [4.78, 5) is 4.32. The molecule has 1 atom stereocenters. The molecule has 104 valence electrons. The van der Waals surface area contributed by atoms with Crippen molar-refractivity contribution < 1.29 is 13.2 Å². The third kappa shape index (κ3) is 3.89. The van der Waals surface area contributed by atoms with Gasteiger partial charge in [0.15, 0.2) is 5.17 Å². The predicted octanol–water partition coefficient (Wildman–Crippen LogP) is 3.68. The van der Waals surface area contributed by atoms with Gasteiger partial charge in [0, 0.05) is 11.8 Å². The summed E-state index contributed by atoms with van der Waals surface area (Å²) in [6, 6.07) is 5.36. The molecule has 0 fully saturated rings. The van der Waals surface area contributed by atoms with Crippen molar-refractivity contribution in [1.82, 2.24) is 5.32 Å². The van der Waals surface area contributed by atoms with Crippen LogP contribution >= 0.6 is 11.8 Å². The van der Waals surface area contributed by atoms with Crippen molar-refractivity contribution in [3.05, 3.63) is 35.4 Å². The Morgan fingerprint density at radius 1 is 1.42 bits per heavy atom. The summed E-state index contributed by atoms with van der Waals surface area (Å²) < 4.78 is 37.7. The molecule has 2 nitrogen and oxygen atoms in total. The van der Waals surface area contributed by atoms with E-state index in [4.69, 9.17) is 0 Å². The molecule has 19 heavy (non-hydrogen) atoms. The number of nitrogens with one attached hydrogen (secondary N) is 1. The molecule has 1 unspecified atom stereocenters. The van der Waals surface area contributed by atoms with Crippen LogP contribution in [0.2, 0.25) is 0 Å². The SMILES string of the molecule is CCC1CN=C(NCc2cccc(C(F)(F)F)c2)S1. The van der Waals surface area contributed by atoms with E-state index in [2.05, 4.69) is 17.2 Å². The number of thioether (sulfide) groups is 1. The second kappa shape index (κ2) is 5.86. The molecule has 0 spiro atoms. The Bertz CT molecular complexity index is 471. The summed E-state index contributed by atoms with van der Waals surface area (Å²) in [5.41, 5.74) is -0.00248. The van der Waals surface area contributed by atoms with E-state index in [0.717, 1.165) is 24.2 Å². The van der Waals surface area contributed by atoms with Crippen LogP contribution < -0.4 is 5.32 Å². The molecule has 1 N–H and O–H groups in total. The van der Waals surface area contributed by atoms with E-state index in [1.54, 1.807) is 17.8 Å². The van der Waals surface area contributed by atoms with E-state index >= 15 is 0 Å². The Hall–Kier alpha value is -1.17. The molecule has 0 radical (unpaired) electrons. The zero-order valence-electron chi connectivity index (χ0n) is 10.5. The van der Waals surface area contributed by atoms with Crippen LogP contribution in [0, 0.1) is 0 Å². The van der Waals surface area contributed by atoms with Crippen LogP contribution in [-0.2, 0) is 12.7 Å². The molecule has 6 heteroatoms. The maximum Gasteiger partial charge on any atom is 0.416 e. The van der Waals surface area contributed by atoms with Crippen molar-refractivity contribution in [2.75, 3.05) is 6.54 Å². The summed E-state index contributed by atoms with van der Waals surface area (Å²) in [6.45, 7) is 3.25. The fourth-order valence-electron chi connectivity index (χ4n) is 1.76. The van der Waals surface area contributed by atoms with E-state index in [9.17, 15) is 13.2 Å². The van der Waals surface area contributed by atoms with Crippen molar-refractivity contribution >= 4 is 16.9 Å². The summed E-state index contributed by atoms with van der Waals surface area (Å²) in [5, 5.41) is 4.40. The predicted molar refractivity (Wildman–Crippen MR) is 72.3 cm³/mol. The number of nitrogens with zero attached hydrogens (tertiary/aromatic N) is 1. The quantitative estimate of drug-likeness (QED) is 0.917. The molecule has 0 aromatic heterocycles. The Balaban J connectivity index is 1.94. The van der Waals surface area contributed by atoms with Crippen LogP contribution in [0.15, 0.2) is 29.3 Å². The number of hydrogen-bond donors (Lipinski definition) is 1. The minimum atomic E-state index is -4.29. The van der Waals surface area contributed by atoms with E-state index < -0.39 is 11.7 Å². The lowest BCUT2D eigenvalue weighted by molar-refractivity contribution is -0.137. The Morgan fingerprint density at radius 2 is 2.21 bits per heavy atom. The number of rotatable bonds is 3. The first-order chi connectivity index (χ1) is 8.99. The van der Waals surface area contributed by atoms with E-state index in [1.165, 1.54) is 12.1 Å². The maximum atomic E-state index is 12.6. The minimum absolute atomic E-state index is 0.367. The smallest absolute Gasteiger partial charge is 0.361 e. The van der Waals surface area contributed by atoms with Crippen LogP contribution in [-0.4, -0.2) is 17.0 Å². The monoisotopic (exact) mass is 288 g/mol. The number of hydrogen-bond acceptors (Lipinski definition) is 3. The number of alkyl halides is 3. The lowest BCUT2D eigenvalue weighted by Gasteiger charge is -2.10. The zero-order chi connectivity index (χ0) is 13.9. The van der Waals surface area contributed by atoms with Gasteiger partial charge in [0.1, 0.15) is 0 Å². The van der Waals surface area contributed by atoms with Gasteiger partial charge < -0.3 is 5.32 Å². The van der Waals surface area contributed by atoms with Gasteiger partial charge in [-0.05, 0) is 24.1 Å². The van der Waals surface area contributed by atoms with Crippen molar-refractivity contribution in [2.45, 2.75) is 31.3 Å². The summed E-state index contributed by atoms with van der Waals surface area (Å²) in [6.07, 6.45) is -3.24. The molecular formula is C13H15F3N2S. The second-order valence-electron chi connectivity index (χ2n) is 4.35. The summed E-state index contributed by atoms with van der Waals surface area (Å²) >= 11 is 1.66. The molecule has 1 aromatic carbocycles. The van der Waals surface area contributed by atoms with Gasteiger partial charge in [-0.2, -0.15) is 13.2 Å². The van der Waals surface area contributed by atoms with Crippen LogP contribution in [0.4, 0.5) is 13.2 Å². The van der Waals surface area contributed by atoms with Crippen molar-refractivity contribution in [1.29, 1.82) is 0 Å². The highest BCUT2D eigenvalue weighted by molar-refractivity contribution is 8.14. The normalized spacial score (nSPS) is 19.4.